The lowest BCUT2D eigenvalue weighted by Gasteiger charge is -2.34. The summed E-state index contributed by atoms with van der Waals surface area (Å²) in [7, 11) is -3.59. The summed E-state index contributed by atoms with van der Waals surface area (Å²) in [5.41, 5.74) is 2.09. The summed E-state index contributed by atoms with van der Waals surface area (Å²) in [6.45, 7) is 12.6. The third-order valence-electron chi connectivity index (χ3n) is 4.64. The topological polar surface area (TPSA) is 98.8 Å². The first-order chi connectivity index (χ1) is 13.3. The van der Waals surface area contributed by atoms with Gasteiger partial charge in [0, 0.05) is 31.7 Å². The van der Waals surface area contributed by atoms with Gasteiger partial charge >= 0.3 is 6.03 Å². The van der Waals surface area contributed by atoms with Crippen molar-refractivity contribution in [3.05, 3.63) is 28.8 Å². The number of nitrogens with one attached hydrogen (secondary N) is 2. The van der Waals surface area contributed by atoms with Crippen LogP contribution in [0.25, 0.3) is 0 Å². The Balaban J connectivity index is 1.95. The Kier molecular flexibility index (Phi) is 7.08. The fraction of sp³-hybridized carbons (Fsp3) is 0.600. The summed E-state index contributed by atoms with van der Waals surface area (Å²) in [5.74, 6) is -0.409. The van der Waals surface area contributed by atoms with Crippen LogP contribution in [0, 0.1) is 20.8 Å². The normalized spacial score (nSPS) is 16.5. The van der Waals surface area contributed by atoms with Gasteiger partial charge < -0.3 is 5.32 Å². The second-order valence-electron chi connectivity index (χ2n) is 8.66. The number of sulfonamides is 1. The van der Waals surface area contributed by atoms with Crippen molar-refractivity contribution in [2.24, 2.45) is 0 Å². The summed E-state index contributed by atoms with van der Waals surface area (Å²) >= 11 is 0. The number of aryl methyl sites for hydroxylation is 3. The number of hydrogen-bond acceptors (Lipinski definition) is 5. The van der Waals surface area contributed by atoms with Crippen LogP contribution in [0.5, 0.6) is 0 Å². The summed E-state index contributed by atoms with van der Waals surface area (Å²) in [4.78, 5) is 26.1. The highest BCUT2D eigenvalue weighted by Crippen LogP contribution is 2.26. The quantitative estimate of drug-likeness (QED) is 0.764. The average molecular weight is 425 g/mol. The van der Waals surface area contributed by atoms with Gasteiger partial charge in [-0.25, -0.2) is 13.2 Å². The van der Waals surface area contributed by atoms with E-state index >= 15 is 0 Å². The molecular weight excluding hydrogens is 392 g/mol. The molecule has 1 aliphatic rings. The minimum absolute atomic E-state index is 0.0496. The van der Waals surface area contributed by atoms with E-state index < -0.39 is 27.5 Å². The van der Waals surface area contributed by atoms with E-state index in [4.69, 9.17) is 0 Å². The van der Waals surface area contributed by atoms with Crippen LogP contribution < -0.4 is 10.6 Å². The van der Waals surface area contributed by atoms with Crippen molar-refractivity contribution in [2.45, 2.75) is 52.0 Å². The zero-order chi connectivity index (χ0) is 22.0. The van der Waals surface area contributed by atoms with Crippen LogP contribution in [0.3, 0.4) is 0 Å². The van der Waals surface area contributed by atoms with Crippen molar-refractivity contribution >= 4 is 22.0 Å². The molecule has 8 nitrogen and oxygen atoms in total. The summed E-state index contributed by atoms with van der Waals surface area (Å²) in [5, 5.41) is 4.98. The van der Waals surface area contributed by atoms with Crippen molar-refractivity contribution in [2.75, 3.05) is 32.7 Å². The van der Waals surface area contributed by atoms with E-state index in [0.29, 0.717) is 31.1 Å². The predicted molar refractivity (Wildman–Crippen MR) is 112 cm³/mol. The number of nitrogens with zero attached hydrogens (tertiary/aromatic N) is 2. The number of amides is 3. The molecule has 0 radical (unpaired) electrons. The zero-order valence-corrected chi connectivity index (χ0v) is 18.9. The van der Waals surface area contributed by atoms with E-state index in [1.54, 1.807) is 0 Å². The molecule has 0 unspecified atom stereocenters. The molecule has 1 heterocycles. The van der Waals surface area contributed by atoms with Crippen molar-refractivity contribution in [3.8, 4) is 0 Å². The number of benzene rings is 1. The second-order valence-corrected chi connectivity index (χ2v) is 10.5. The molecule has 1 fully saturated rings. The monoisotopic (exact) mass is 424 g/mol. The van der Waals surface area contributed by atoms with Crippen molar-refractivity contribution in [1.82, 2.24) is 19.8 Å². The van der Waals surface area contributed by atoms with Gasteiger partial charge in [0.2, 0.25) is 15.9 Å². The zero-order valence-electron chi connectivity index (χ0n) is 18.1. The molecule has 1 aliphatic heterocycles. The Hall–Kier alpha value is -1.97. The van der Waals surface area contributed by atoms with Gasteiger partial charge in [-0.15, -0.1) is 0 Å². The third-order valence-corrected chi connectivity index (χ3v) is 6.85. The first-order valence-electron chi connectivity index (χ1n) is 9.72. The number of hydrogen-bond donors (Lipinski definition) is 2. The SMILES string of the molecule is Cc1cc(C)c(S(=O)(=O)N2CCN(CC(=O)NC(=O)NC(C)(C)C)CC2)c(C)c1. The Bertz CT molecular complexity index is 859. The molecule has 0 bridgehead atoms. The molecule has 0 aliphatic carbocycles. The average Bonchev–Trinajstić information content (AvgIpc) is 2.51. The van der Waals surface area contributed by atoms with Crippen molar-refractivity contribution in [3.63, 3.8) is 0 Å². The molecule has 9 heteroatoms. The molecule has 3 amide bonds. The number of urea groups is 1. The van der Waals surface area contributed by atoms with Gasteiger partial charge in [0.25, 0.3) is 0 Å². The van der Waals surface area contributed by atoms with E-state index in [-0.39, 0.29) is 6.54 Å². The number of rotatable bonds is 4. The van der Waals surface area contributed by atoms with Crippen LogP contribution in [-0.4, -0.2) is 67.8 Å². The van der Waals surface area contributed by atoms with Crippen molar-refractivity contribution < 1.29 is 18.0 Å². The molecule has 162 valence electrons. The van der Waals surface area contributed by atoms with E-state index in [9.17, 15) is 18.0 Å². The van der Waals surface area contributed by atoms with Crippen LogP contribution in [0.15, 0.2) is 17.0 Å². The molecule has 1 aromatic carbocycles. The molecule has 1 aromatic rings. The van der Waals surface area contributed by atoms with Gasteiger partial charge in [-0.3, -0.25) is 15.0 Å². The summed E-state index contributed by atoms with van der Waals surface area (Å²) < 4.78 is 27.7. The molecule has 0 saturated carbocycles. The second kappa shape index (κ2) is 8.81. The maximum atomic E-state index is 13.1. The van der Waals surface area contributed by atoms with E-state index in [2.05, 4.69) is 10.6 Å². The predicted octanol–water partition coefficient (Wildman–Crippen LogP) is 1.54. The smallest absolute Gasteiger partial charge is 0.321 e. The largest absolute Gasteiger partial charge is 0.333 e. The Morgan fingerprint density at radius 3 is 2.00 bits per heavy atom. The van der Waals surface area contributed by atoms with Gasteiger partial charge in [-0.2, -0.15) is 4.31 Å². The maximum absolute atomic E-state index is 13.1. The standard InChI is InChI=1S/C20H32N4O4S/c1-14-11-15(2)18(16(3)12-14)29(27,28)24-9-7-23(8-10-24)13-17(25)21-19(26)22-20(4,5)6/h11-12H,7-10,13H2,1-6H3,(H2,21,22,25,26). The Morgan fingerprint density at radius 1 is 1.00 bits per heavy atom. The Morgan fingerprint density at radius 2 is 1.52 bits per heavy atom. The number of carbonyl (C=O) groups excluding carboxylic acids is 2. The molecule has 2 rings (SSSR count). The van der Waals surface area contributed by atoms with Crippen LogP contribution in [0.2, 0.25) is 0 Å². The van der Waals surface area contributed by atoms with Crippen LogP contribution in [0.4, 0.5) is 4.79 Å². The minimum Gasteiger partial charge on any atom is -0.333 e. The first kappa shape index (κ1) is 23.3. The number of carbonyl (C=O) groups is 2. The number of imide groups is 1. The molecule has 2 N–H and O–H groups in total. The van der Waals surface area contributed by atoms with Crippen LogP contribution in [0.1, 0.15) is 37.5 Å². The van der Waals surface area contributed by atoms with E-state index in [1.165, 1.54) is 4.31 Å². The lowest BCUT2D eigenvalue weighted by Crippen LogP contribution is -2.53. The molecule has 1 saturated heterocycles. The summed E-state index contributed by atoms with van der Waals surface area (Å²) in [6, 6.07) is 3.22. The maximum Gasteiger partial charge on any atom is 0.321 e. The van der Waals surface area contributed by atoms with Gasteiger partial charge in [-0.1, -0.05) is 17.7 Å². The fourth-order valence-corrected chi connectivity index (χ4v) is 5.41. The van der Waals surface area contributed by atoms with E-state index in [1.807, 2.05) is 58.6 Å². The highest BCUT2D eigenvalue weighted by molar-refractivity contribution is 7.89. The third kappa shape index (κ3) is 6.25. The fourth-order valence-electron chi connectivity index (χ4n) is 3.57. The van der Waals surface area contributed by atoms with Gasteiger partial charge in [0.1, 0.15) is 0 Å². The molecule has 0 atom stereocenters. The van der Waals surface area contributed by atoms with Crippen LogP contribution >= 0.6 is 0 Å². The molecule has 0 spiro atoms. The van der Waals surface area contributed by atoms with Gasteiger partial charge in [0.15, 0.2) is 0 Å². The highest BCUT2D eigenvalue weighted by Gasteiger charge is 2.31. The molecule has 29 heavy (non-hydrogen) atoms. The summed E-state index contributed by atoms with van der Waals surface area (Å²) in [6.07, 6.45) is 0. The lowest BCUT2D eigenvalue weighted by molar-refractivity contribution is -0.121. The Labute approximate surface area is 173 Å². The number of piperazine rings is 1. The van der Waals surface area contributed by atoms with Gasteiger partial charge in [-0.05, 0) is 52.7 Å². The van der Waals surface area contributed by atoms with Gasteiger partial charge in [0.05, 0.1) is 11.4 Å². The molecular formula is C20H32N4O4S. The highest BCUT2D eigenvalue weighted by atomic mass is 32.2. The van der Waals surface area contributed by atoms with Crippen molar-refractivity contribution in [1.29, 1.82) is 0 Å². The van der Waals surface area contributed by atoms with Crippen LogP contribution in [-0.2, 0) is 14.8 Å². The lowest BCUT2D eigenvalue weighted by atomic mass is 10.1. The minimum atomic E-state index is -3.59. The first-order valence-corrected chi connectivity index (χ1v) is 11.2. The molecule has 0 aromatic heterocycles. The van der Waals surface area contributed by atoms with E-state index in [0.717, 1.165) is 16.7 Å².